The number of aromatic nitrogens is 2. The first-order valence-electron chi connectivity index (χ1n) is 10.6. The second-order valence-electron chi connectivity index (χ2n) is 8.03. The molecule has 1 aliphatic rings. The highest BCUT2D eigenvalue weighted by Crippen LogP contribution is 2.29. The lowest BCUT2D eigenvalue weighted by molar-refractivity contribution is -0.132. The molecule has 150 valence electrons. The Morgan fingerprint density at radius 1 is 1.00 bits per heavy atom. The minimum absolute atomic E-state index is 0.108. The smallest absolute Gasteiger partial charge is 0.223 e. The third-order valence-electron chi connectivity index (χ3n) is 6.13. The SMILES string of the molecule is Cc1nccn1CC1CCN(C(=O)CC(c2ccccc2)c2ccccc2)CC1. The Balaban J connectivity index is 1.39. The molecule has 0 atom stereocenters. The normalized spacial score (nSPS) is 15.0. The minimum Gasteiger partial charge on any atom is -0.343 e. The Morgan fingerprint density at radius 2 is 1.59 bits per heavy atom. The van der Waals surface area contributed by atoms with Crippen LogP contribution in [0.25, 0.3) is 0 Å². The monoisotopic (exact) mass is 387 g/mol. The predicted molar refractivity (Wildman–Crippen MR) is 116 cm³/mol. The first kappa shape index (κ1) is 19.4. The van der Waals surface area contributed by atoms with Crippen LogP contribution in [0.5, 0.6) is 0 Å². The number of nitrogens with zero attached hydrogens (tertiary/aromatic N) is 3. The molecule has 0 aliphatic carbocycles. The lowest BCUT2D eigenvalue weighted by Gasteiger charge is -2.33. The number of carbonyl (C=O) groups excluding carboxylic acids is 1. The molecule has 2 aromatic carbocycles. The summed E-state index contributed by atoms with van der Waals surface area (Å²) in [5.74, 6) is 2.05. The number of likely N-dealkylation sites (tertiary alicyclic amines) is 1. The fourth-order valence-electron chi connectivity index (χ4n) is 4.34. The van der Waals surface area contributed by atoms with Crippen molar-refractivity contribution in [1.82, 2.24) is 14.5 Å². The third-order valence-corrected chi connectivity index (χ3v) is 6.13. The van der Waals surface area contributed by atoms with Crippen molar-refractivity contribution in [1.29, 1.82) is 0 Å². The van der Waals surface area contributed by atoms with E-state index in [0.29, 0.717) is 12.3 Å². The Hall–Kier alpha value is -2.88. The quantitative estimate of drug-likeness (QED) is 0.617. The molecule has 1 saturated heterocycles. The largest absolute Gasteiger partial charge is 0.343 e. The van der Waals surface area contributed by atoms with Crippen molar-refractivity contribution in [2.24, 2.45) is 5.92 Å². The van der Waals surface area contributed by atoms with Crippen molar-refractivity contribution in [3.8, 4) is 0 Å². The average molecular weight is 388 g/mol. The molecule has 0 unspecified atom stereocenters. The molecule has 2 heterocycles. The molecular formula is C25H29N3O. The number of amides is 1. The average Bonchev–Trinajstić information content (AvgIpc) is 3.18. The van der Waals surface area contributed by atoms with Gasteiger partial charge in [0.05, 0.1) is 0 Å². The van der Waals surface area contributed by atoms with Gasteiger partial charge >= 0.3 is 0 Å². The summed E-state index contributed by atoms with van der Waals surface area (Å²) in [5, 5.41) is 0. The van der Waals surface area contributed by atoms with Crippen molar-refractivity contribution < 1.29 is 4.79 Å². The first-order valence-corrected chi connectivity index (χ1v) is 10.6. The lowest BCUT2D eigenvalue weighted by atomic mass is 9.87. The van der Waals surface area contributed by atoms with Gasteiger partial charge in [-0.15, -0.1) is 0 Å². The molecule has 0 bridgehead atoms. The molecule has 0 saturated carbocycles. The van der Waals surface area contributed by atoms with E-state index < -0.39 is 0 Å². The molecule has 0 N–H and O–H groups in total. The van der Waals surface area contributed by atoms with E-state index in [2.05, 4.69) is 69.2 Å². The summed E-state index contributed by atoms with van der Waals surface area (Å²) < 4.78 is 2.23. The van der Waals surface area contributed by atoms with Gasteiger partial charge in [-0.25, -0.2) is 4.98 Å². The highest BCUT2D eigenvalue weighted by Gasteiger charge is 2.26. The van der Waals surface area contributed by atoms with Crippen LogP contribution in [0.1, 0.15) is 42.1 Å². The van der Waals surface area contributed by atoms with Crippen LogP contribution in [0.3, 0.4) is 0 Å². The fraction of sp³-hybridized carbons (Fsp3) is 0.360. The van der Waals surface area contributed by atoms with E-state index in [1.54, 1.807) is 0 Å². The zero-order valence-electron chi connectivity index (χ0n) is 17.1. The summed E-state index contributed by atoms with van der Waals surface area (Å²) in [4.78, 5) is 19.5. The molecule has 29 heavy (non-hydrogen) atoms. The fourth-order valence-corrected chi connectivity index (χ4v) is 4.34. The second kappa shape index (κ2) is 9.08. The van der Waals surface area contributed by atoms with Crippen molar-refractivity contribution in [2.75, 3.05) is 13.1 Å². The van der Waals surface area contributed by atoms with E-state index in [4.69, 9.17) is 0 Å². The maximum atomic E-state index is 13.1. The van der Waals surface area contributed by atoms with Gasteiger partial charge in [0, 0.05) is 44.4 Å². The molecule has 3 aromatic rings. The van der Waals surface area contributed by atoms with Gasteiger partial charge in [0.15, 0.2) is 0 Å². The molecule has 4 nitrogen and oxygen atoms in total. The van der Waals surface area contributed by atoms with Gasteiger partial charge in [-0.3, -0.25) is 4.79 Å². The number of benzene rings is 2. The number of aryl methyl sites for hydroxylation is 1. The predicted octanol–water partition coefficient (Wildman–Crippen LogP) is 4.65. The Kier molecular flexibility index (Phi) is 6.09. The van der Waals surface area contributed by atoms with Gasteiger partial charge in [0.25, 0.3) is 0 Å². The van der Waals surface area contributed by atoms with Gasteiger partial charge in [-0.2, -0.15) is 0 Å². The Labute approximate surface area is 173 Å². The van der Waals surface area contributed by atoms with E-state index in [1.165, 1.54) is 11.1 Å². The zero-order chi connectivity index (χ0) is 20.1. The molecule has 1 aromatic heterocycles. The van der Waals surface area contributed by atoms with E-state index >= 15 is 0 Å². The van der Waals surface area contributed by atoms with Crippen molar-refractivity contribution in [2.45, 2.75) is 38.6 Å². The van der Waals surface area contributed by atoms with E-state index in [9.17, 15) is 4.79 Å². The highest BCUT2D eigenvalue weighted by molar-refractivity contribution is 5.78. The number of rotatable bonds is 6. The summed E-state index contributed by atoms with van der Waals surface area (Å²) in [6.45, 7) is 4.76. The van der Waals surface area contributed by atoms with Crippen LogP contribution in [0.15, 0.2) is 73.1 Å². The van der Waals surface area contributed by atoms with E-state index in [-0.39, 0.29) is 11.8 Å². The molecular weight excluding hydrogens is 358 g/mol. The third kappa shape index (κ3) is 4.76. The number of carbonyl (C=O) groups is 1. The van der Waals surface area contributed by atoms with Crippen LogP contribution in [-0.4, -0.2) is 33.4 Å². The summed E-state index contributed by atoms with van der Waals surface area (Å²) in [5.41, 5.74) is 2.41. The van der Waals surface area contributed by atoms with Gasteiger partial charge in [0.2, 0.25) is 5.91 Å². The van der Waals surface area contributed by atoms with Crippen LogP contribution < -0.4 is 0 Å². The van der Waals surface area contributed by atoms with Crippen LogP contribution in [0.2, 0.25) is 0 Å². The molecule has 1 fully saturated rings. The highest BCUT2D eigenvalue weighted by atomic mass is 16.2. The lowest BCUT2D eigenvalue weighted by Crippen LogP contribution is -2.40. The van der Waals surface area contributed by atoms with Crippen LogP contribution in [-0.2, 0) is 11.3 Å². The van der Waals surface area contributed by atoms with Crippen molar-refractivity contribution in [3.05, 3.63) is 90.0 Å². The Bertz CT molecular complexity index is 872. The number of imidazole rings is 1. The standard InChI is InChI=1S/C25H29N3O/c1-20-26-14-17-28(20)19-21-12-15-27(16-13-21)25(29)18-24(22-8-4-2-5-9-22)23-10-6-3-7-11-23/h2-11,14,17,21,24H,12-13,15-16,18-19H2,1H3. The number of hydrogen-bond donors (Lipinski definition) is 0. The summed E-state index contributed by atoms with van der Waals surface area (Å²) in [7, 11) is 0. The first-order chi connectivity index (χ1) is 14.2. The second-order valence-corrected chi connectivity index (χ2v) is 8.03. The molecule has 4 rings (SSSR count). The van der Waals surface area contributed by atoms with Gasteiger partial charge < -0.3 is 9.47 Å². The topological polar surface area (TPSA) is 38.1 Å². The number of hydrogen-bond acceptors (Lipinski definition) is 2. The molecule has 4 heteroatoms. The summed E-state index contributed by atoms with van der Waals surface area (Å²) >= 11 is 0. The van der Waals surface area contributed by atoms with Crippen molar-refractivity contribution >= 4 is 5.91 Å². The molecule has 0 radical (unpaired) electrons. The van der Waals surface area contributed by atoms with Crippen LogP contribution in [0, 0.1) is 12.8 Å². The van der Waals surface area contributed by atoms with Gasteiger partial charge in [-0.1, -0.05) is 60.7 Å². The Morgan fingerprint density at radius 3 is 2.10 bits per heavy atom. The molecule has 0 spiro atoms. The van der Waals surface area contributed by atoms with Crippen LogP contribution in [0.4, 0.5) is 0 Å². The minimum atomic E-state index is 0.108. The maximum absolute atomic E-state index is 13.1. The van der Waals surface area contributed by atoms with Gasteiger partial charge in [0.1, 0.15) is 5.82 Å². The summed E-state index contributed by atoms with van der Waals surface area (Å²) in [6.07, 6.45) is 6.56. The molecule has 1 amide bonds. The van der Waals surface area contributed by atoms with Crippen molar-refractivity contribution in [3.63, 3.8) is 0 Å². The summed E-state index contributed by atoms with van der Waals surface area (Å²) in [6, 6.07) is 20.8. The molecule has 1 aliphatic heterocycles. The van der Waals surface area contributed by atoms with E-state index in [0.717, 1.165) is 38.3 Å². The number of piperidine rings is 1. The van der Waals surface area contributed by atoms with E-state index in [1.807, 2.05) is 25.3 Å². The van der Waals surface area contributed by atoms with Crippen LogP contribution >= 0.6 is 0 Å². The maximum Gasteiger partial charge on any atom is 0.223 e. The zero-order valence-corrected chi connectivity index (χ0v) is 17.1. The van der Waals surface area contributed by atoms with Gasteiger partial charge in [-0.05, 0) is 36.8 Å².